The third-order valence-corrected chi connectivity index (χ3v) is 5.90. The largest absolute Gasteiger partial charge is 0.353 e. The maximum atomic E-state index is 12.8. The average molecular weight is 326 g/mol. The van der Waals surface area contributed by atoms with Gasteiger partial charge in [0.05, 0.1) is 4.88 Å². The number of carbonyl (C=O) groups is 2. The maximum Gasteiger partial charge on any atom is 0.264 e. The van der Waals surface area contributed by atoms with Crippen molar-refractivity contribution in [3.05, 3.63) is 46.3 Å². The summed E-state index contributed by atoms with van der Waals surface area (Å²) in [4.78, 5) is 28.3. The van der Waals surface area contributed by atoms with Gasteiger partial charge in [-0.15, -0.1) is 11.3 Å². The van der Waals surface area contributed by atoms with E-state index in [1.54, 1.807) is 23.2 Å². The van der Waals surface area contributed by atoms with Gasteiger partial charge in [-0.2, -0.15) is 0 Å². The highest BCUT2D eigenvalue weighted by atomic mass is 32.1. The molecule has 2 heterocycles. The zero-order chi connectivity index (χ0) is 16.0. The van der Waals surface area contributed by atoms with E-state index in [1.165, 1.54) is 21.6 Å². The van der Waals surface area contributed by atoms with Crippen LogP contribution in [-0.2, 0) is 17.6 Å². The molecule has 0 spiro atoms. The van der Waals surface area contributed by atoms with E-state index in [2.05, 4.69) is 23.5 Å². The molecule has 1 aliphatic heterocycles. The van der Waals surface area contributed by atoms with Crippen molar-refractivity contribution in [1.29, 1.82) is 0 Å². The first-order valence-corrected chi connectivity index (χ1v) is 8.76. The Bertz CT molecular complexity index is 796. The molecule has 2 aromatic rings. The van der Waals surface area contributed by atoms with E-state index in [1.807, 2.05) is 12.1 Å². The molecule has 4 rings (SSSR count). The van der Waals surface area contributed by atoms with Crippen LogP contribution in [0, 0.1) is 0 Å². The smallest absolute Gasteiger partial charge is 0.264 e. The van der Waals surface area contributed by atoms with Crippen molar-refractivity contribution < 1.29 is 9.59 Å². The van der Waals surface area contributed by atoms with E-state index in [4.69, 9.17) is 0 Å². The lowest BCUT2D eigenvalue weighted by Crippen LogP contribution is -2.55. The summed E-state index contributed by atoms with van der Waals surface area (Å²) in [6, 6.07) is 10.0. The molecular formula is C18H18N2O2S. The van der Waals surface area contributed by atoms with E-state index in [-0.39, 0.29) is 11.8 Å². The molecule has 1 aromatic carbocycles. The number of hydrogen-bond donors (Lipinski definition) is 1. The van der Waals surface area contributed by atoms with Crippen LogP contribution in [0.4, 0.5) is 0 Å². The number of thiophene rings is 1. The Morgan fingerprint density at radius 1 is 1.26 bits per heavy atom. The molecular weight excluding hydrogens is 308 g/mol. The Morgan fingerprint density at radius 3 is 2.91 bits per heavy atom. The van der Waals surface area contributed by atoms with Crippen molar-refractivity contribution in [1.82, 2.24) is 10.2 Å². The summed E-state index contributed by atoms with van der Waals surface area (Å²) in [5, 5.41) is 2.80. The lowest BCUT2D eigenvalue weighted by Gasteiger charge is -2.32. The van der Waals surface area contributed by atoms with Gasteiger partial charge >= 0.3 is 0 Å². The molecule has 1 atom stereocenters. The fraction of sp³-hybridized carbons (Fsp3) is 0.333. The highest BCUT2D eigenvalue weighted by Gasteiger charge is 2.31. The normalized spacial score (nSPS) is 19.8. The van der Waals surface area contributed by atoms with E-state index >= 15 is 0 Å². The number of aryl methyl sites for hydroxylation is 2. The van der Waals surface area contributed by atoms with Gasteiger partial charge < -0.3 is 10.2 Å². The van der Waals surface area contributed by atoms with Crippen LogP contribution in [0.15, 0.2) is 30.3 Å². The highest BCUT2D eigenvalue weighted by molar-refractivity contribution is 7.17. The summed E-state index contributed by atoms with van der Waals surface area (Å²) in [5.74, 6) is -0.0968. The minimum Gasteiger partial charge on any atom is -0.353 e. The van der Waals surface area contributed by atoms with Crippen LogP contribution in [0.1, 0.15) is 27.7 Å². The maximum absolute atomic E-state index is 12.8. The van der Waals surface area contributed by atoms with Gasteiger partial charge in [-0.05, 0) is 42.5 Å². The van der Waals surface area contributed by atoms with Gasteiger partial charge in [-0.3, -0.25) is 9.59 Å². The molecule has 118 valence electrons. The standard InChI is InChI=1S/C18H18N2O2S/c1-11-17(21)19-8-9-20(11)18(22)15-10-13-7-6-12-4-2-3-5-14(12)16(13)23-15/h2-5,10-11H,6-9H2,1H3,(H,19,21). The van der Waals surface area contributed by atoms with Crippen LogP contribution in [0.25, 0.3) is 10.4 Å². The molecule has 0 radical (unpaired) electrons. The highest BCUT2D eigenvalue weighted by Crippen LogP contribution is 2.39. The summed E-state index contributed by atoms with van der Waals surface area (Å²) in [6.07, 6.45) is 2.00. The fourth-order valence-corrected chi connectivity index (χ4v) is 4.61. The summed E-state index contributed by atoms with van der Waals surface area (Å²) in [6.45, 7) is 2.89. The van der Waals surface area contributed by atoms with Gasteiger partial charge in [0.2, 0.25) is 5.91 Å². The summed E-state index contributed by atoms with van der Waals surface area (Å²) in [7, 11) is 0. The van der Waals surface area contributed by atoms with Crippen molar-refractivity contribution in [2.45, 2.75) is 25.8 Å². The second kappa shape index (κ2) is 5.49. The molecule has 1 saturated heterocycles. The zero-order valence-corrected chi connectivity index (χ0v) is 13.8. The number of fused-ring (bicyclic) bond motifs is 3. The monoisotopic (exact) mass is 326 g/mol. The number of hydrogen-bond acceptors (Lipinski definition) is 3. The number of amides is 2. The number of piperazine rings is 1. The molecule has 1 fully saturated rings. The van der Waals surface area contributed by atoms with Gasteiger partial charge in [-0.25, -0.2) is 0 Å². The Balaban J connectivity index is 1.69. The van der Waals surface area contributed by atoms with Crippen molar-refractivity contribution in [3.8, 4) is 10.4 Å². The molecule has 1 N–H and O–H groups in total. The Kier molecular flexibility index (Phi) is 3.45. The van der Waals surface area contributed by atoms with E-state index in [0.717, 1.165) is 17.7 Å². The molecule has 1 aromatic heterocycles. The SMILES string of the molecule is CC1C(=O)NCCN1C(=O)c1cc2c(s1)-c1ccccc1CC2. The molecule has 4 nitrogen and oxygen atoms in total. The van der Waals surface area contributed by atoms with Gasteiger partial charge in [0.15, 0.2) is 0 Å². The molecule has 0 saturated carbocycles. The molecule has 0 bridgehead atoms. The minimum atomic E-state index is -0.400. The van der Waals surface area contributed by atoms with Crippen molar-refractivity contribution in [2.24, 2.45) is 0 Å². The second-order valence-electron chi connectivity index (χ2n) is 6.09. The number of nitrogens with one attached hydrogen (secondary N) is 1. The Hall–Kier alpha value is -2.14. The number of benzene rings is 1. The summed E-state index contributed by atoms with van der Waals surface area (Å²) in [5.41, 5.74) is 3.86. The van der Waals surface area contributed by atoms with Crippen LogP contribution in [0.2, 0.25) is 0 Å². The first-order chi connectivity index (χ1) is 11.1. The summed E-state index contributed by atoms with van der Waals surface area (Å²) >= 11 is 1.56. The molecule has 5 heteroatoms. The zero-order valence-electron chi connectivity index (χ0n) is 13.0. The lowest BCUT2D eigenvalue weighted by atomic mass is 9.91. The number of carbonyl (C=O) groups excluding carboxylic acids is 2. The van der Waals surface area contributed by atoms with Crippen molar-refractivity contribution in [3.63, 3.8) is 0 Å². The van der Waals surface area contributed by atoms with Crippen LogP contribution in [0.5, 0.6) is 0 Å². The first kappa shape index (κ1) is 14.5. The Morgan fingerprint density at radius 2 is 2.04 bits per heavy atom. The molecule has 2 amide bonds. The predicted molar refractivity (Wildman–Crippen MR) is 90.7 cm³/mol. The number of rotatable bonds is 1. The van der Waals surface area contributed by atoms with Crippen LogP contribution in [0.3, 0.4) is 0 Å². The van der Waals surface area contributed by atoms with Gasteiger partial charge in [0.1, 0.15) is 6.04 Å². The van der Waals surface area contributed by atoms with E-state index in [9.17, 15) is 9.59 Å². The molecule has 2 aliphatic rings. The van der Waals surface area contributed by atoms with Crippen LogP contribution < -0.4 is 5.32 Å². The average Bonchev–Trinajstić information content (AvgIpc) is 3.01. The molecule has 1 unspecified atom stereocenters. The quantitative estimate of drug-likeness (QED) is 0.875. The van der Waals surface area contributed by atoms with Crippen molar-refractivity contribution in [2.75, 3.05) is 13.1 Å². The second-order valence-corrected chi connectivity index (χ2v) is 7.14. The third kappa shape index (κ3) is 2.36. The molecule has 1 aliphatic carbocycles. The van der Waals surface area contributed by atoms with Crippen molar-refractivity contribution >= 4 is 23.2 Å². The topological polar surface area (TPSA) is 49.4 Å². The van der Waals surface area contributed by atoms with Gasteiger partial charge in [-0.1, -0.05) is 24.3 Å². The van der Waals surface area contributed by atoms with E-state index < -0.39 is 6.04 Å². The third-order valence-electron chi connectivity index (χ3n) is 4.71. The van der Waals surface area contributed by atoms with Gasteiger partial charge in [0.25, 0.3) is 5.91 Å². The minimum absolute atomic E-state index is 0.0239. The van der Waals surface area contributed by atoms with Gasteiger partial charge in [0, 0.05) is 18.0 Å². The first-order valence-electron chi connectivity index (χ1n) is 7.95. The lowest BCUT2D eigenvalue weighted by molar-refractivity contribution is -0.127. The van der Waals surface area contributed by atoms with Crippen LogP contribution in [-0.4, -0.2) is 35.8 Å². The summed E-state index contributed by atoms with van der Waals surface area (Å²) < 4.78 is 0. The predicted octanol–water partition coefficient (Wildman–Crippen LogP) is 2.47. The fourth-order valence-electron chi connectivity index (χ4n) is 3.38. The van der Waals surface area contributed by atoms with Crippen LogP contribution >= 0.6 is 11.3 Å². The number of nitrogens with zero attached hydrogens (tertiary/aromatic N) is 1. The molecule has 23 heavy (non-hydrogen) atoms. The Labute approximate surface area is 139 Å². The van der Waals surface area contributed by atoms with E-state index in [0.29, 0.717) is 13.1 Å².